The summed E-state index contributed by atoms with van der Waals surface area (Å²) in [6, 6.07) is 8.17. The molecule has 0 radical (unpaired) electrons. The number of H-pyrrole nitrogens is 1. The van der Waals surface area contributed by atoms with Gasteiger partial charge in [-0.15, -0.1) is 0 Å². The molecule has 0 saturated carbocycles. The first-order valence-electron chi connectivity index (χ1n) is 7.71. The van der Waals surface area contributed by atoms with Crippen molar-refractivity contribution in [2.75, 3.05) is 0 Å². The highest BCUT2D eigenvalue weighted by Gasteiger charge is 2.30. The number of hydrogen-bond acceptors (Lipinski definition) is 2. The van der Waals surface area contributed by atoms with Crippen molar-refractivity contribution in [3.63, 3.8) is 0 Å². The number of nitrogens with zero attached hydrogens (tertiary/aromatic N) is 1. The van der Waals surface area contributed by atoms with E-state index in [1.54, 1.807) is 32.0 Å². The average Bonchev–Trinajstić information content (AvgIpc) is 2.60. The van der Waals surface area contributed by atoms with Gasteiger partial charge in [0.1, 0.15) is 5.02 Å². The Morgan fingerprint density at radius 2 is 1.77 bits per heavy atom. The maximum atomic E-state index is 12.9. The summed E-state index contributed by atoms with van der Waals surface area (Å²) in [4.78, 5) is 19.7. The molecule has 3 aromatic rings. The van der Waals surface area contributed by atoms with Crippen molar-refractivity contribution in [3.05, 3.63) is 74.8 Å². The molecular weight excluding hydrogens is 365 g/mol. The van der Waals surface area contributed by atoms with Crippen LogP contribution in [-0.2, 0) is 6.18 Å². The molecule has 3 rings (SSSR count). The summed E-state index contributed by atoms with van der Waals surface area (Å²) in [6.07, 6.45) is -2.96. The number of alkyl halides is 3. The van der Waals surface area contributed by atoms with E-state index in [1.807, 2.05) is 0 Å². The van der Waals surface area contributed by atoms with Crippen molar-refractivity contribution < 1.29 is 13.2 Å². The molecule has 0 atom stereocenters. The second-order valence-electron chi connectivity index (χ2n) is 5.90. The molecule has 0 unspecified atom stereocenters. The van der Waals surface area contributed by atoms with Crippen LogP contribution in [0.2, 0.25) is 5.02 Å². The van der Waals surface area contributed by atoms with Crippen LogP contribution in [0.25, 0.3) is 22.4 Å². The molecule has 0 aliphatic heterocycles. The maximum absolute atomic E-state index is 12.9. The Bertz CT molecular complexity index is 1020. The van der Waals surface area contributed by atoms with E-state index in [1.165, 1.54) is 12.3 Å². The van der Waals surface area contributed by atoms with Crippen molar-refractivity contribution in [1.82, 2.24) is 9.97 Å². The van der Waals surface area contributed by atoms with E-state index in [0.717, 1.165) is 12.1 Å². The lowest BCUT2D eigenvalue weighted by Gasteiger charge is -2.10. The molecule has 0 aliphatic carbocycles. The van der Waals surface area contributed by atoms with Crippen LogP contribution in [-0.4, -0.2) is 9.97 Å². The summed E-state index contributed by atoms with van der Waals surface area (Å²) in [5.41, 5.74) is 1.83. The Labute approximate surface area is 152 Å². The number of aromatic amines is 1. The SMILES string of the molecule is Cc1[nH]c(C)c(-c2ccc(-c3cccc(C(F)(F)F)c3)nc2)c(=O)c1Cl. The standard InChI is InChI=1S/C19H14ClF3N2O/c1-10-16(18(26)17(20)11(2)25-10)13-6-7-15(24-9-13)12-4-3-5-14(8-12)19(21,22)23/h3-9H,1-2H3,(H,25,26). The second kappa shape index (κ2) is 6.61. The molecule has 3 nitrogen and oxygen atoms in total. The molecular formula is C19H14ClF3N2O. The van der Waals surface area contributed by atoms with E-state index in [9.17, 15) is 18.0 Å². The summed E-state index contributed by atoms with van der Waals surface area (Å²) in [7, 11) is 0. The summed E-state index contributed by atoms with van der Waals surface area (Å²) < 4.78 is 38.6. The number of pyridine rings is 2. The van der Waals surface area contributed by atoms with Crippen molar-refractivity contribution in [2.45, 2.75) is 20.0 Å². The summed E-state index contributed by atoms with van der Waals surface area (Å²) in [5, 5.41) is 0.104. The number of nitrogens with one attached hydrogen (secondary N) is 1. The molecule has 2 aromatic heterocycles. The van der Waals surface area contributed by atoms with Gasteiger partial charge in [0.2, 0.25) is 5.43 Å². The van der Waals surface area contributed by atoms with Crippen LogP contribution < -0.4 is 5.43 Å². The Hall–Kier alpha value is -2.60. The molecule has 26 heavy (non-hydrogen) atoms. The number of benzene rings is 1. The van der Waals surface area contributed by atoms with Crippen molar-refractivity contribution in [2.24, 2.45) is 0 Å². The van der Waals surface area contributed by atoms with Crippen LogP contribution in [0.3, 0.4) is 0 Å². The molecule has 0 fully saturated rings. The Kier molecular flexibility index (Phi) is 4.63. The van der Waals surface area contributed by atoms with E-state index < -0.39 is 11.7 Å². The van der Waals surface area contributed by atoms with Crippen molar-refractivity contribution >= 4 is 11.6 Å². The summed E-state index contributed by atoms with van der Waals surface area (Å²) in [5.74, 6) is 0. The molecule has 0 amide bonds. The molecule has 0 saturated heterocycles. The lowest BCUT2D eigenvalue weighted by molar-refractivity contribution is -0.137. The highest BCUT2D eigenvalue weighted by atomic mass is 35.5. The minimum Gasteiger partial charge on any atom is -0.361 e. The number of halogens is 4. The third-order valence-corrected chi connectivity index (χ3v) is 4.50. The normalized spacial score (nSPS) is 11.6. The van der Waals surface area contributed by atoms with Gasteiger partial charge in [-0.2, -0.15) is 13.2 Å². The highest BCUT2D eigenvalue weighted by molar-refractivity contribution is 6.31. The first kappa shape index (κ1) is 18.2. The molecule has 1 N–H and O–H groups in total. The average molecular weight is 379 g/mol. The minimum absolute atomic E-state index is 0.104. The monoisotopic (exact) mass is 378 g/mol. The van der Waals surface area contributed by atoms with Gasteiger partial charge in [0.25, 0.3) is 0 Å². The molecule has 7 heteroatoms. The topological polar surface area (TPSA) is 45.8 Å². The lowest BCUT2D eigenvalue weighted by Crippen LogP contribution is -2.11. The van der Waals surface area contributed by atoms with Gasteiger partial charge in [-0.05, 0) is 32.0 Å². The van der Waals surface area contributed by atoms with Crippen LogP contribution >= 0.6 is 11.6 Å². The molecule has 0 aliphatic rings. The van der Waals surface area contributed by atoms with E-state index >= 15 is 0 Å². The third kappa shape index (κ3) is 3.37. The van der Waals surface area contributed by atoms with Gasteiger partial charge < -0.3 is 4.98 Å². The highest BCUT2D eigenvalue weighted by Crippen LogP contribution is 2.32. The van der Waals surface area contributed by atoms with Gasteiger partial charge in [-0.25, -0.2) is 0 Å². The van der Waals surface area contributed by atoms with Gasteiger partial charge in [0.15, 0.2) is 0 Å². The number of hydrogen-bond donors (Lipinski definition) is 1. The first-order chi connectivity index (χ1) is 12.2. The van der Waals surface area contributed by atoms with E-state index in [2.05, 4.69) is 9.97 Å². The maximum Gasteiger partial charge on any atom is 0.416 e. The zero-order valence-electron chi connectivity index (χ0n) is 13.9. The van der Waals surface area contributed by atoms with Crippen LogP contribution in [0.4, 0.5) is 13.2 Å². The van der Waals surface area contributed by atoms with Gasteiger partial charge in [-0.3, -0.25) is 9.78 Å². The number of rotatable bonds is 2. The smallest absolute Gasteiger partial charge is 0.361 e. The molecule has 0 spiro atoms. The lowest BCUT2D eigenvalue weighted by atomic mass is 10.0. The quantitative estimate of drug-likeness (QED) is 0.649. The fourth-order valence-corrected chi connectivity index (χ4v) is 2.91. The first-order valence-corrected chi connectivity index (χ1v) is 8.09. The van der Waals surface area contributed by atoms with E-state index in [4.69, 9.17) is 11.6 Å². The van der Waals surface area contributed by atoms with Crippen LogP contribution in [0.1, 0.15) is 17.0 Å². The van der Waals surface area contributed by atoms with Gasteiger partial charge in [0, 0.05) is 28.7 Å². The number of aromatic nitrogens is 2. The van der Waals surface area contributed by atoms with Crippen LogP contribution in [0, 0.1) is 13.8 Å². The Morgan fingerprint density at radius 3 is 2.38 bits per heavy atom. The van der Waals surface area contributed by atoms with Crippen molar-refractivity contribution in [1.29, 1.82) is 0 Å². The fourth-order valence-electron chi connectivity index (χ4n) is 2.76. The van der Waals surface area contributed by atoms with E-state index in [-0.39, 0.29) is 10.5 Å². The Morgan fingerprint density at radius 1 is 1.04 bits per heavy atom. The van der Waals surface area contributed by atoms with E-state index in [0.29, 0.717) is 33.8 Å². The molecule has 1 aromatic carbocycles. The predicted octanol–water partition coefficient (Wildman–Crippen LogP) is 5.39. The summed E-state index contributed by atoms with van der Waals surface area (Å²) >= 11 is 6.02. The zero-order valence-corrected chi connectivity index (χ0v) is 14.7. The Balaban J connectivity index is 2.04. The minimum atomic E-state index is -4.42. The van der Waals surface area contributed by atoms with Crippen LogP contribution in [0.15, 0.2) is 47.4 Å². The largest absolute Gasteiger partial charge is 0.416 e. The van der Waals surface area contributed by atoms with Gasteiger partial charge in [-0.1, -0.05) is 29.8 Å². The van der Waals surface area contributed by atoms with Crippen LogP contribution in [0.5, 0.6) is 0 Å². The zero-order chi connectivity index (χ0) is 19.1. The molecule has 0 bridgehead atoms. The molecule has 2 heterocycles. The fraction of sp³-hybridized carbons (Fsp3) is 0.158. The molecule has 134 valence electrons. The van der Waals surface area contributed by atoms with Gasteiger partial charge >= 0.3 is 6.18 Å². The summed E-state index contributed by atoms with van der Waals surface area (Å²) in [6.45, 7) is 3.45. The second-order valence-corrected chi connectivity index (χ2v) is 6.28. The third-order valence-electron chi connectivity index (χ3n) is 4.04. The van der Waals surface area contributed by atoms with Gasteiger partial charge in [0.05, 0.1) is 16.8 Å². The number of aryl methyl sites for hydroxylation is 2. The van der Waals surface area contributed by atoms with Crippen molar-refractivity contribution in [3.8, 4) is 22.4 Å². The predicted molar refractivity (Wildman–Crippen MR) is 95.2 cm³/mol.